The predicted molar refractivity (Wildman–Crippen MR) is 109 cm³/mol. The number of amides is 1. The summed E-state index contributed by atoms with van der Waals surface area (Å²) in [5.74, 6) is 2.43. The van der Waals surface area contributed by atoms with Crippen LogP contribution in [0.5, 0.6) is 5.75 Å². The lowest BCUT2D eigenvalue weighted by atomic mass is 9.99. The number of nitrogens with one attached hydrogen (secondary N) is 1. The number of hydrogen-bond acceptors (Lipinski definition) is 5. The van der Waals surface area contributed by atoms with E-state index >= 15 is 0 Å². The highest BCUT2D eigenvalue weighted by Crippen LogP contribution is 2.28. The molecule has 6 heteroatoms. The molecule has 2 heterocycles. The van der Waals surface area contributed by atoms with Crippen LogP contribution in [0, 0.1) is 13.8 Å². The van der Waals surface area contributed by atoms with Gasteiger partial charge < -0.3 is 14.5 Å². The number of methoxy groups -OCH3 is 1. The summed E-state index contributed by atoms with van der Waals surface area (Å²) in [6, 6.07) is 6.46. The van der Waals surface area contributed by atoms with Crippen LogP contribution in [-0.4, -0.2) is 42.0 Å². The van der Waals surface area contributed by atoms with Gasteiger partial charge in [0.25, 0.3) is 0 Å². The predicted octanol–water partition coefficient (Wildman–Crippen LogP) is 3.85. The minimum absolute atomic E-state index is 0.0362. The number of nitrogens with zero attached hydrogens (tertiary/aromatic N) is 2. The van der Waals surface area contributed by atoms with Gasteiger partial charge in [-0.2, -0.15) is 0 Å². The Bertz CT molecular complexity index is 815. The largest absolute Gasteiger partial charge is 0.496 e. The highest BCUT2D eigenvalue weighted by molar-refractivity contribution is 5.72. The lowest BCUT2D eigenvalue weighted by molar-refractivity contribution is -0.119. The maximum absolute atomic E-state index is 11.1. The smallest absolute Gasteiger partial charge is 0.226 e. The van der Waals surface area contributed by atoms with Crippen LogP contribution < -0.4 is 10.1 Å². The van der Waals surface area contributed by atoms with E-state index in [1.165, 1.54) is 19.3 Å². The first kappa shape index (κ1) is 20.4. The molecule has 0 bridgehead atoms. The molecule has 0 unspecified atom stereocenters. The third-order valence-electron chi connectivity index (χ3n) is 5.49. The highest BCUT2D eigenvalue weighted by atomic mass is 16.5. The Balaban J connectivity index is 1.71. The Hall–Kier alpha value is -2.34. The molecule has 6 nitrogen and oxygen atoms in total. The van der Waals surface area contributed by atoms with Gasteiger partial charge in [0.05, 0.1) is 12.8 Å². The van der Waals surface area contributed by atoms with Crippen LogP contribution in [0.25, 0.3) is 11.5 Å². The molecule has 0 saturated carbocycles. The number of rotatable bonds is 7. The van der Waals surface area contributed by atoms with Crippen molar-refractivity contribution in [1.82, 2.24) is 15.2 Å². The zero-order chi connectivity index (χ0) is 20.1. The van der Waals surface area contributed by atoms with Crippen LogP contribution >= 0.6 is 0 Å². The van der Waals surface area contributed by atoms with E-state index in [9.17, 15) is 4.79 Å². The van der Waals surface area contributed by atoms with Crippen molar-refractivity contribution in [2.24, 2.45) is 0 Å². The van der Waals surface area contributed by atoms with Crippen molar-refractivity contribution in [3.05, 3.63) is 35.2 Å². The number of benzene rings is 1. The van der Waals surface area contributed by atoms with Gasteiger partial charge in [0, 0.05) is 31.6 Å². The standard InChI is InChI=1S/C22H31N3O3/c1-15-13-18(8-9-21(15)27-4)22-24-20(16(2)28-22)14-25-12-6-5-7-19(25)10-11-23-17(3)26/h8-9,13,19H,5-7,10-12,14H2,1-4H3,(H,23,26)/t19-/m1/s1. The molecule has 28 heavy (non-hydrogen) atoms. The molecule has 1 aromatic carbocycles. The van der Waals surface area contributed by atoms with Gasteiger partial charge in [-0.25, -0.2) is 4.98 Å². The molecular weight excluding hydrogens is 354 g/mol. The third kappa shape index (κ3) is 4.93. The van der Waals surface area contributed by atoms with Gasteiger partial charge in [-0.1, -0.05) is 6.42 Å². The van der Waals surface area contributed by atoms with E-state index in [-0.39, 0.29) is 5.91 Å². The summed E-state index contributed by atoms with van der Waals surface area (Å²) in [7, 11) is 1.68. The Morgan fingerprint density at radius 3 is 2.89 bits per heavy atom. The Kier molecular flexibility index (Phi) is 6.73. The van der Waals surface area contributed by atoms with Crippen molar-refractivity contribution < 1.29 is 13.9 Å². The normalized spacial score (nSPS) is 17.5. The second kappa shape index (κ2) is 9.24. The number of carbonyl (C=O) groups is 1. The van der Waals surface area contributed by atoms with Crippen molar-refractivity contribution in [1.29, 1.82) is 0 Å². The molecule has 0 aliphatic carbocycles. The summed E-state index contributed by atoms with van der Waals surface area (Å²) >= 11 is 0. The van der Waals surface area contributed by atoms with Gasteiger partial charge in [-0.15, -0.1) is 0 Å². The van der Waals surface area contributed by atoms with E-state index in [0.29, 0.717) is 11.9 Å². The maximum atomic E-state index is 11.1. The molecule has 1 aliphatic heterocycles. The van der Waals surface area contributed by atoms with E-state index in [2.05, 4.69) is 10.2 Å². The van der Waals surface area contributed by atoms with Gasteiger partial charge >= 0.3 is 0 Å². The van der Waals surface area contributed by atoms with E-state index in [0.717, 1.165) is 54.4 Å². The number of hydrogen-bond donors (Lipinski definition) is 1. The third-order valence-corrected chi connectivity index (χ3v) is 5.49. The molecule has 1 saturated heterocycles. The van der Waals surface area contributed by atoms with Crippen LogP contribution in [-0.2, 0) is 11.3 Å². The Labute approximate surface area is 167 Å². The van der Waals surface area contributed by atoms with Crippen LogP contribution in [0.1, 0.15) is 49.6 Å². The molecule has 3 rings (SSSR count). The van der Waals surface area contributed by atoms with E-state index in [1.807, 2.05) is 32.0 Å². The monoisotopic (exact) mass is 385 g/mol. The van der Waals surface area contributed by atoms with Gasteiger partial charge in [-0.3, -0.25) is 9.69 Å². The molecular formula is C22H31N3O3. The topological polar surface area (TPSA) is 67.6 Å². The summed E-state index contributed by atoms with van der Waals surface area (Å²) in [5.41, 5.74) is 3.02. The number of piperidine rings is 1. The first-order valence-corrected chi connectivity index (χ1v) is 10.1. The summed E-state index contributed by atoms with van der Waals surface area (Å²) in [6.45, 7) is 8.15. The van der Waals surface area contributed by atoms with Crippen LogP contribution in [0.2, 0.25) is 0 Å². The van der Waals surface area contributed by atoms with E-state index in [4.69, 9.17) is 14.1 Å². The van der Waals surface area contributed by atoms with Gasteiger partial charge in [0.1, 0.15) is 11.5 Å². The molecule has 0 spiro atoms. The summed E-state index contributed by atoms with van der Waals surface area (Å²) < 4.78 is 11.3. The highest BCUT2D eigenvalue weighted by Gasteiger charge is 2.24. The number of aryl methyl sites for hydroxylation is 2. The minimum Gasteiger partial charge on any atom is -0.496 e. The van der Waals surface area contributed by atoms with Gasteiger partial charge in [0.2, 0.25) is 11.8 Å². The second-order valence-electron chi connectivity index (χ2n) is 7.60. The molecule has 1 atom stereocenters. The van der Waals surface area contributed by atoms with Crippen molar-refractivity contribution >= 4 is 5.91 Å². The average Bonchev–Trinajstić information content (AvgIpc) is 3.03. The van der Waals surface area contributed by atoms with Gasteiger partial charge in [0.15, 0.2) is 0 Å². The zero-order valence-electron chi connectivity index (χ0n) is 17.4. The van der Waals surface area contributed by atoms with Crippen molar-refractivity contribution in [3.8, 4) is 17.2 Å². The number of likely N-dealkylation sites (tertiary alicyclic amines) is 1. The van der Waals surface area contributed by atoms with E-state index in [1.54, 1.807) is 14.0 Å². The van der Waals surface area contributed by atoms with Crippen molar-refractivity contribution in [3.63, 3.8) is 0 Å². The molecule has 152 valence electrons. The Morgan fingerprint density at radius 1 is 1.36 bits per heavy atom. The van der Waals surface area contributed by atoms with E-state index < -0.39 is 0 Å². The molecule has 1 fully saturated rings. The average molecular weight is 386 g/mol. The fourth-order valence-electron chi connectivity index (χ4n) is 3.91. The fraction of sp³-hybridized carbons (Fsp3) is 0.545. The fourth-order valence-corrected chi connectivity index (χ4v) is 3.91. The maximum Gasteiger partial charge on any atom is 0.226 e. The lowest BCUT2D eigenvalue weighted by Gasteiger charge is -2.35. The zero-order valence-corrected chi connectivity index (χ0v) is 17.4. The van der Waals surface area contributed by atoms with Crippen molar-refractivity contribution in [2.75, 3.05) is 20.2 Å². The minimum atomic E-state index is 0.0362. The number of carbonyl (C=O) groups excluding carboxylic acids is 1. The van der Waals surface area contributed by atoms with Gasteiger partial charge in [-0.05, 0) is 63.4 Å². The number of ether oxygens (including phenoxy) is 1. The number of aromatic nitrogens is 1. The van der Waals surface area contributed by atoms with Crippen LogP contribution in [0.15, 0.2) is 22.6 Å². The quantitative estimate of drug-likeness (QED) is 0.784. The molecule has 0 radical (unpaired) electrons. The molecule has 2 aromatic rings. The molecule has 1 N–H and O–H groups in total. The van der Waals surface area contributed by atoms with Crippen molar-refractivity contribution in [2.45, 2.75) is 59.0 Å². The van der Waals surface area contributed by atoms with Crippen LogP contribution in [0.3, 0.4) is 0 Å². The van der Waals surface area contributed by atoms with Crippen LogP contribution in [0.4, 0.5) is 0 Å². The lowest BCUT2D eigenvalue weighted by Crippen LogP contribution is -2.41. The SMILES string of the molecule is COc1ccc(-c2nc(CN3CCCC[C@@H]3CCNC(C)=O)c(C)o2)cc1C. The summed E-state index contributed by atoms with van der Waals surface area (Å²) in [4.78, 5) is 18.4. The first-order chi connectivity index (χ1) is 13.5. The molecule has 1 amide bonds. The molecule has 1 aromatic heterocycles. The second-order valence-corrected chi connectivity index (χ2v) is 7.60. The number of oxazole rings is 1. The molecule has 1 aliphatic rings. The first-order valence-electron chi connectivity index (χ1n) is 10.1. The summed E-state index contributed by atoms with van der Waals surface area (Å²) in [6.07, 6.45) is 4.59. The summed E-state index contributed by atoms with van der Waals surface area (Å²) in [5, 5.41) is 2.92. The Morgan fingerprint density at radius 2 is 2.18 bits per heavy atom.